The van der Waals surface area contributed by atoms with Crippen molar-refractivity contribution in [3.63, 3.8) is 0 Å². The summed E-state index contributed by atoms with van der Waals surface area (Å²) in [5.41, 5.74) is 0. The van der Waals surface area contributed by atoms with Crippen molar-refractivity contribution in [1.82, 2.24) is 15.2 Å². The van der Waals surface area contributed by atoms with Crippen LogP contribution in [0.2, 0.25) is 0 Å². The Morgan fingerprint density at radius 3 is 3.00 bits per heavy atom. The first-order valence-corrected chi connectivity index (χ1v) is 6.20. The highest BCUT2D eigenvalue weighted by Crippen LogP contribution is 2.38. The van der Waals surface area contributed by atoms with Crippen molar-refractivity contribution in [1.29, 1.82) is 0 Å². The second kappa shape index (κ2) is 3.45. The third-order valence-electron chi connectivity index (χ3n) is 2.70. The van der Waals surface area contributed by atoms with Crippen molar-refractivity contribution in [2.24, 2.45) is 0 Å². The van der Waals surface area contributed by atoms with Crippen LogP contribution < -0.4 is 0 Å². The van der Waals surface area contributed by atoms with Gasteiger partial charge in [0.1, 0.15) is 5.82 Å². The van der Waals surface area contributed by atoms with E-state index in [0.717, 1.165) is 18.1 Å². The van der Waals surface area contributed by atoms with Gasteiger partial charge >= 0.3 is 0 Å². The van der Waals surface area contributed by atoms with Crippen molar-refractivity contribution in [3.05, 3.63) is 22.8 Å². The molecule has 1 fully saturated rings. The molecule has 1 aliphatic rings. The van der Waals surface area contributed by atoms with Crippen LogP contribution in [0.4, 0.5) is 0 Å². The standard InChI is InChI=1S/C11H13N3S/c1-2-8-5-6-9(15-8)11-12-10(13-14-11)7-3-4-7/h5-7H,2-4H2,1H3,(H,12,13,14). The summed E-state index contributed by atoms with van der Waals surface area (Å²) in [5.74, 6) is 2.58. The van der Waals surface area contributed by atoms with Crippen molar-refractivity contribution in [3.8, 4) is 10.7 Å². The molecule has 0 aliphatic heterocycles. The maximum absolute atomic E-state index is 4.53. The number of thiophene rings is 1. The molecule has 2 heterocycles. The SMILES string of the molecule is CCc1ccc(-c2n[nH]c(C3CC3)n2)s1. The topological polar surface area (TPSA) is 41.6 Å². The smallest absolute Gasteiger partial charge is 0.191 e. The van der Waals surface area contributed by atoms with E-state index in [2.05, 4.69) is 34.2 Å². The number of hydrogen-bond acceptors (Lipinski definition) is 3. The van der Waals surface area contributed by atoms with Gasteiger partial charge in [-0.15, -0.1) is 11.3 Å². The summed E-state index contributed by atoms with van der Waals surface area (Å²) in [5, 5.41) is 7.31. The van der Waals surface area contributed by atoms with Crippen LogP contribution in [0.3, 0.4) is 0 Å². The summed E-state index contributed by atoms with van der Waals surface area (Å²) in [4.78, 5) is 7.10. The molecule has 4 heteroatoms. The molecule has 0 atom stereocenters. The summed E-state index contributed by atoms with van der Waals surface area (Å²) in [6.07, 6.45) is 3.61. The lowest BCUT2D eigenvalue weighted by Crippen LogP contribution is -1.80. The molecule has 2 aromatic heterocycles. The summed E-state index contributed by atoms with van der Waals surface area (Å²) in [6.45, 7) is 2.17. The van der Waals surface area contributed by atoms with Gasteiger partial charge in [0.2, 0.25) is 0 Å². The normalized spacial score (nSPS) is 15.8. The van der Waals surface area contributed by atoms with E-state index in [4.69, 9.17) is 0 Å². The number of rotatable bonds is 3. The Bertz CT molecular complexity index is 468. The third kappa shape index (κ3) is 1.69. The number of aromatic amines is 1. The largest absolute Gasteiger partial charge is 0.262 e. The molecular weight excluding hydrogens is 206 g/mol. The van der Waals surface area contributed by atoms with Crippen LogP contribution in [0.1, 0.15) is 36.4 Å². The Labute approximate surface area is 92.6 Å². The van der Waals surface area contributed by atoms with Gasteiger partial charge in [0.15, 0.2) is 5.82 Å². The van der Waals surface area contributed by atoms with Gasteiger partial charge in [-0.05, 0) is 31.4 Å². The lowest BCUT2D eigenvalue weighted by atomic mass is 10.3. The Morgan fingerprint density at radius 2 is 2.33 bits per heavy atom. The van der Waals surface area contributed by atoms with Gasteiger partial charge in [-0.3, -0.25) is 5.10 Å². The third-order valence-corrected chi connectivity index (χ3v) is 3.92. The van der Waals surface area contributed by atoms with Crippen LogP contribution in [0, 0.1) is 0 Å². The minimum atomic E-state index is 0.650. The first-order chi connectivity index (χ1) is 7.36. The van der Waals surface area contributed by atoms with Crippen LogP contribution in [0.25, 0.3) is 10.7 Å². The van der Waals surface area contributed by atoms with Gasteiger partial charge in [0, 0.05) is 10.8 Å². The fourth-order valence-corrected chi connectivity index (χ4v) is 2.49. The van der Waals surface area contributed by atoms with Crippen LogP contribution in [0.5, 0.6) is 0 Å². The molecule has 78 valence electrons. The molecule has 0 unspecified atom stereocenters. The Balaban J connectivity index is 1.90. The Morgan fingerprint density at radius 1 is 1.47 bits per heavy atom. The molecule has 1 N–H and O–H groups in total. The molecule has 1 aliphatic carbocycles. The van der Waals surface area contributed by atoms with Crippen LogP contribution in [0.15, 0.2) is 12.1 Å². The summed E-state index contributed by atoms with van der Waals surface area (Å²) >= 11 is 1.79. The highest BCUT2D eigenvalue weighted by molar-refractivity contribution is 7.15. The van der Waals surface area contributed by atoms with Crippen LogP contribution in [-0.2, 0) is 6.42 Å². The number of H-pyrrole nitrogens is 1. The molecule has 3 rings (SSSR count). The van der Waals surface area contributed by atoms with Gasteiger partial charge < -0.3 is 0 Å². The van der Waals surface area contributed by atoms with Crippen molar-refractivity contribution >= 4 is 11.3 Å². The first-order valence-electron chi connectivity index (χ1n) is 5.38. The average molecular weight is 219 g/mol. The monoisotopic (exact) mass is 219 g/mol. The van der Waals surface area contributed by atoms with Gasteiger partial charge in [-0.1, -0.05) is 6.92 Å². The molecule has 15 heavy (non-hydrogen) atoms. The molecule has 0 radical (unpaired) electrons. The van der Waals surface area contributed by atoms with Crippen LogP contribution >= 0.6 is 11.3 Å². The second-order valence-corrected chi connectivity index (χ2v) is 5.11. The van der Waals surface area contributed by atoms with Crippen molar-refractivity contribution in [2.45, 2.75) is 32.1 Å². The molecule has 0 aromatic carbocycles. The zero-order valence-electron chi connectivity index (χ0n) is 8.66. The predicted molar refractivity (Wildman–Crippen MR) is 61.0 cm³/mol. The highest BCUT2D eigenvalue weighted by atomic mass is 32.1. The molecule has 0 spiro atoms. The molecule has 2 aromatic rings. The van der Waals surface area contributed by atoms with Gasteiger partial charge in [-0.2, -0.15) is 5.10 Å². The maximum Gasteiger partial charge on any atom is 0.191 e. The van der Waals surface area contributed by atoms with E-state index in [9.17, 15) is 0 Å². The van der Waals surface area contributed by atoms with Crippen molar-refractivity contribution in [2.75, 3.05) is 0 Å². The number of nitrogens with one attached hydrogen (secondary N) is 1. The minimum absolute atomic E-state index is 0.650. The van der Waals surface area contributed by atoms with Crippen molar-refractivity contribution < 1.29 is 0 Å². The summed E-state index contributed by atoms with van der Waals surface area (Å²) in [6, 6.07) is 4.27. The summed E-state index contributed by atoms with van der Waals surface area (Å²) in [7, 11) is 0. The lowest BCUT2D eigenvalue weighted by Gasteiger charge is -1.86. The lowest BCUT2D eigenvalue weighted by molar-refractivity contribution is 0.935. The Hall–Kier alpha value is -1.16. The average Bonchev–Trinajstić information content (AvgIpc) is 2.84. The number of aromatic nitrogens is 3. The fraction of sp³-hybridized carbons (Fsp3) is 0.455. The Kier molecular flexibility index (Phi) is 2.09. The first kappa shape index (κ1) is 9.09. The number of aryl methyl sites for hydroxylation is 1. The van der Waals surface area contributed by atoms with Gasteiger partial charge in [0.25, 0.3) is 0 Å². The predicted octanol–water partition coefficient (Wildman–Crippen LogP) is 2.97. The maximum atomic E-state index is 4.53. The molecule has 0 amide bonds. The molecule has 0 bridgehead atoms. The van der Waals surface area contributed by atoms with E-state index in [0.29, 0.717) is 5.92 Å². The van der Waals surface area contributed by atoms with E-state index >= 15 is 0 Å². The molecule has 3 nitrogen and oxygen atoms in total. The molecule has 1 saturated carbocycles. The second-order valence-electron chi connectivity index (χ2n) is 3.94. The van der Waals surface area contributed by atoms with E-state index in [-0.39, 0.29) is 0 Å². The van der Waals surface area contributed by atoms with Gasteiger partial charge in [-0.25, -0.2) is 4.98 Å². The summed E-state index contributed by atoms with van der Waals surface area (Å²) < 4.78 is 0. The number of nitrogens with zero attached hydrogens (tertiary/aromatic N) is 2. The molecule has 0 saturated heterocycles. The zero-order chi connectivity index (χ0) is 10.3. The minimum Gasteiger partial charge on any atom is -0.262 e. The number of hydrogen-bond donors (Lipinski definition) is 1. The van der Waals surface area contributed by atoms with E-state index in [1.165, 1.54) is 22.6 Å². The quantitative estimate of drug-likeness (QED) is 0.862. The van der Waals surface area contributed by atoms with E-state index in [1.54, 1.807) is 11.3 Å². The zero-order valence-corrected chi connectivity index (χ0v) is 9.47. The highest BCUT2D eigenvalue weighted by Gasteiger charge is 2.27. The van der Waals surface area contributed by atoms with Gasteiger partial charge in [0.05, 0.1) is 4.88 Å². The van der Waals surface area contributed by atoms with Crippen LogP contribution in [-0.4, -0.2) is 15.2 Å². The van der Waals surface area contributed by atoms with E-state index < -0.39 is 0 Å². The van der Waals surface area contributed by atoms with E-state index in [1.807, 2.05) is 0 Å². The fourth-order valence-electron chi connectivity index (χ4n) is 1.61. The molecular formula is C11H13N3S.